The van der Waals surface area contributed by atoms with E-state index in [1.165, 1.54) is 6.33 Å². The number of tetrazole rings is 1. The summed E-state index contributed by atoms with van der Waals surface area (Å²) < 4.78 is 6.78. The Labute approximate surface area is 123 Å². The Morgan fingerprint density at radius 2 is 2.14 bits per heavy atom. The summed E-state index contributed by atoms with van der Waals surface area (Å²) in [5, 5.41) is 13.8. The van der Waals surface area contributed by atoms with E-state index in [0.717, 1.165) is 17.7 Å². The van der Waals surface area contributed by atoms with Gasteiger partial charge in [0.25, 0.3) is 0 Å². The van der Waals surface area contributed by atoms with Gasteiger partial charge in [-0.05, 0) is 41.5 Å². The standard InChI is InChI=1S/C14H19N5O2/c1-2-21-9-3-8-15-14(20)10-12-4-6-13(7-5-12)19-11-16-17-18-19/h4-7,11H,2-3,8-10H2,1H3,(H,15,20). The maximum atomic E-state index is 11.8. The fourth-order valence-electron chi connectivity index (χ4n) is 1.84. The Bertz CT molecular complexity index is 539. The Hall–Kier alpha value is -2.28. The molecule has 7 heteroatoms. The van der Waals surface area contributed by atoms with Crippen LogP contribution in [0, 0.1) is 0 Å². The Balaban J connectivity index is 1.76. The van der Waals surface area contributed by atoms with Crippen LogP contribution in [-0.4, -0.2) is 45.9 Å². The number of benzene rings is 1. The molecule has 0 saturated heterocycles. The second-order valence-electron chi connectivity index (χ2n) is 4.50. The third-order valence-corrected chi connectivity index (χ3v) is 2.91. The highest BCUT2D eigenvalue weighted by Crippen LogP contribution is 2.08. The van der Waals surface area contributed by atoms with Gasteiger partial charge in [-0.2, -0.15) is 0 Å². The summed E-state index contributed by atoms with van der Waals surface area (Å²) >= 11 is 0. The molecule has 21 heavy (non-hydrogen) atoms. The predicted octanol–water partition coefficient (Wildman–Crippen LogP) is 0.748. The Morgan fingerprint density at radius 3 is 2.81 bits per heavy atom. The van der Waals surface area contributed by atoms with E-state index in [-0.39, 0.29) is 5.91 Å². The van der Waals surface area contributed by atoms with Crippen LogP contribution in [0.2, 0.25) is 0 Å². The molecule has 1 aromatic heterocycles. The summed E-state index contributed by atoms with van der Waals surface area (Å²) in [7, 11) is 0. The molecule has 0 fully saturated rings. The molecule has 1 amide bonds. The molecule has 0 atom stereocenters. The Kier molecular flexibility index (Phi) is 5.83. The highest BCUT2D eigenvalue weighted by atomic mass is 16.5. The van der Waals surface area contributed by atoms with Crippen LogP contribution in [0.5, 0.6) is 0 Å². The van der Waals surface area contributed by atoms with Gasteiger partial charge in [-0.1, -0.05) is 12.1 Å². The van der Waals surface area contributed by atoms with E-state index in [1.54, 1.807) is 4.68 Å². The first kappa shape index (κ1) is 15.1. The zero-order valence-electron chi connectivity index (χ0n) is 12.0. The summed E-state index contributed by atoms with van der Waals surface area (Å²) in [5.74, 6) is 0.0154. The predicted molar refractivity (Wildman–Crippen MR) is 77.0 cm³/mol. The van der Waals surface area contributed by atoms with Crippen LogP contribution in [0.3, 0.4) is 0 Å². The summed E-state index contributed by atoms with van der Waals surface area (Å²) in [5.41, 5.74) is 1.81. The minimum atomic E-state index is 0.0154. The molecule has 0 aliphatic heterocycles. The number of ether oxygens (including phenoxy) is 1. The monoisotopic (exact) mass is 289 g/mol. The highest BCUT2D eigenvalue weighted by molar-refractivity contribution is 5.78. The van der Waals surface area contributed by atoms with E-state index in [1.807, 2.05) is 31.2 Å². The summed E-state index contributed by atoms with van der Waals surface area (Å²) in [6.07, 6.45) is 2.72. The number of amides is 1. The fraction of sp³-hybridized carbons (Fsp3) is 0.429. The molecule has 0 aliphatic rings. The summed E-state index contributed by atoms with van der Waals surface area (Å²) in [6.45, 7) is 3.98. The smallest absolute Gasteiger partial charge is 0.224 e. The number of aromatic nitrogens is 4. The van der Waals surface area contributed by atoms with Gasteiger partial charge in [-0.15, -0.1) is 5.10 Å². The van der Waals surface area contributed by atoms with Crippen molar-refractivity contribution in [3.8, 4) is 5.69 Å². The van der Waals surface area contributed by atoms with Crippen LogP contribution in [0.1, 0.15) is 18.9 Å². The first-order valence-corrected chi connectivity index (χ1v) is 6.96. The average Bonchev–Trinajstić information content (AvgIpc) is 3.02. The molecular formula is C14H19N5O2. The van der Waals surface area contributed by atoms with Gasteiger partial charge in [0.15, 0.2) is 0 Å². The van der Waals surface area contributed by atoms with Gasteiger partial charge in [0.2, 0.25) is 5.91 Å². The molecule has 0 radical (unpaired) electrons. The second kappa shape index (κ2) is 8.11. The zero-order valence-corrected chi connectivity index (χ0v) is 12.0. The van der Waals surface area contributed by atoms with Crippen molar-refractivity contribution in [3.05, 3.63) is 36.2 Å². The van der Waals surface area contributed by atoms with Crippen molar-refractivity contribution in [1.82, 2.24) is 25.5 Å². The lowest BCUT2D eigenvalue weighted by Gasteiger charge is -2.06. The highest BCUT2D eigenvalue weighted by Gasteiger charge is 2.04. The van der Waals surface area contributed by atoms with Gasteiger partial charge in [-0.3, -0.25) is 4.79 Å². The molecule has 7 nitrogen and oxygen atoms in total. The van der Waals surface area contributed by atoms with Crippen molar-refractivity contribution in [3.63, 3.8) is 0 Å². The van der Waals surface area contributed by atoms with E-state index < -0.39 is 0 Å². The van der Waals surface area contributed by atoms with Gasteiger partial charge >= 0.3 is 0 Å². The largest absolute Gasteiger partial charge is 0.382 e. The zero-order chi connectivity index (χ0) is 14.9. The van der Waals surface area contributed by atoms with Crippen LogP contribution >= 0.6 is 0 Å². The molecule has 112 valence electrons. The molecular weight excluding hydrogens is 270 g/mol. The quantitative estimate of drug-likeness (QED) is 0.725. The molecule has 0 aliphatic carbocycles. The lowest BCUT2D eigenvalue weighted by Crippen LogP contribution is -2.26. The maximum Gasteiger partial charge on any atom is 0.224 e. The van der Waals surface area contributed by atoms with Crippen molar-refractivity contribution in [2.75, 3.05) is 19.8 Å². The minimum Gasteiger partial charge on any atom is -0.382 e. The van der Waals surface area contributed by atoms with Crippen molar-refractivity contribution in [2.45, 2.75) is 19.8 Å². The van der Waals surface area contributed by atoms with Crippen molar-refractivity contribution in [2.24, 2.45) is 0 Å². The van der Waals surface area contributed by atoms with Crippen molar-refractivity contribution >= 4 is 5.91 Å². The molecule has 0 bridgehead atoms. The minimum absolute atomic E-state index is 0.0154. The first-order valence-electron chi connectivity index (χ1n) is 6.96. The van der Waals surface area contributed by atoms with Crippen LogP contribution in [0.15, 0.2) is 30.6 Å². The Morgan fingerprint density at radius 1 is 1.33 bits per heavy atom. The van der Waals surface area contributed by atoms with Crippen LogP contribution in [-0.2, 0) is 16.0 Å². The molecule has 1 N–H and O–H groups in total. The summed E-state index contributed by atoms with van der Waals surface area (Å²) in [6, 6.07) is 7.57. The maximum absolute atomic E-state index is 11.8. The molecule has 0 unspecified atom stereocenters. The SMILES string of the molecule is CCOCCCNC(=O)Cc1ccc(-n2cnnn2)cc1. The fourth-order valence-corrected chi connectivity index (χ4v) is 1.84. The number of hydrogen-bond donors (Lipinski definition) is 1. The van der Waals surface area contributed by atoms with Crippen molar-refractivity contribution < 1.29 is 9.53 Å². The number of rotatable bonds is 8. The lowest BCUT2D eigenvalue weighted by atomic mass is 10.1. The molecule has 1 heterocycles. The molecule has 2 aromatic rings. The van der Waals surface area contributed by atoms with Gasteiger partial charge < -0.3 is 10.1 Å². The van der Waals surface area contributed by atoms with E-state index in [4.69, 9.17) is 4.74 Å². The van der Waals surface area contributed by atoms with Crippen LogP contribution < -0.4 is 5.32 Å². The van der Waals surface area contributed by atoms with E-state index in [0.29, 0.717) is 26.2 Å². The van der Waals surface area contributed by atoms with Crippen LogP contribution in [0.4, 0.5) is 0 Å². The normalized spacial score (nSPS) is 10.5. The van der Waals surface area contributed by atoms with E-state index in [2.05, 4.69) is 20.8 Å². The molecule has 1 aromatic carbocycles. The van der Waals surface area contributed by atoms with Gasteiger partial charge in [-0.25, -0.2) is 4.68 Å². The second-order valence-corrected chi connectivity index (χ2v) is 4.50. The molecule has 2 rings (SSSR count). The lowest BCUT2D eigenvalue weighted by molar-refractivity contribution is -0.120. The van der Waals surface area contributed by atoms with Crippen molar-refractivity contribution in [1.29, 1.82) is 0 Å². The average molecular weight is 289 g/mol. The third kappa shape index (κ3) is 4.96. The molecule has 0 spiro atoms. The summed E-state index contributed by atoms with van der Waals surface area (Å²) in [4.78, 5) is 11.8. The number of hydrogen-bond acceptors (Lipinski definition) is 5. The number of carbonyl (C=O) groups is 1. The van der Waals surface area contributed by atoms with Gasteiger partial charge in [0, 0.05) is 19.8 Å². The van der Waals surface area contributed by atoms with Gasteiger partial charge in [0.1, 0.15) is 6.33 Å². The van der Waals surface area contributed by atoms with Crippen LogP contribution in [0.25, 0.3) is 5.69 Å². The van der Waals surface area contributed by atoms with E-state index in [9.17, 15) is 4.79 Å². The number of carbonyl (C=O) groups excluding carboxylic acids is 1. The van der Waals surface area contributed by atoms with E-state index >= 15 is 0 Å². The molecule has 0 saturated carbocycles. The first-order chi connectivity index (χ1) is 10.3. The topological polar surface area (TPSA) is 81.9 Å². The third-order valence-electron chi connectivity index (χ3n) is 2.91. The number of nitrogens with zero attached hydrogens (tertiary/aromatic N) is 4. The number of nitrogens with one attached hydrogen (secondary N) is 1. The van der Waals surface area contributed by atoms with Gasteiger partial charge in [0.05, 0.1) is 12.1 Å².